The number of nitrogens with one attached hydrogen (secondary N) is 2. The van der Waals surface area contributed by atoms with Gasteiger partial charge in [0.15, 0.2) is 0 Å². The molecule has 5 heteroatoms. The maximum atomic E-state index is 12.3. The molecule has 25 heavy (non-hydrogen) atoms. The molecule has 0 unspecified atom stereocenters. The predicted octanol–water partition coefficient (Wildman–Crippen LogP) is 3.03. The molecule has 3 rings (SSSR count). The van der Waals surface area contributed by atoms with E-state index in [9.17, 15) is 9.59 Å². The zero-order chi connectivity index (χ0) is 17.5. The Balaban J connectivity index is 1.42. The van der Waals surface area contributed by atoms with Crippen LogP contribution in [0.3, 0.4) is 0 Å². The highest BCUT2D eigenvalue weighted by Gasteiger charge is 2.24. The van der Waals surface area contributed by atoms with Crippen molar-refractivity contribution in [1.29, 1.82) is 0 Å². The predicted molar refractivity (Wildman–Crippen MR) is 103 cm³/mol. The number of amides is 2. The topological polar surface area (TPSA) is 58.2 Å². The largest absolute Gasteiger partial charge is 0.355 e. The van der Waals surface area contributed by atoms with Crippen LogP contribution in [-0.2, 0) is 22.4 Å². The van der Waals surface area contributed by atoms with Crippen molar-refractivity contribution in [3.63, 3.8) is 0 Å². The maximum Gasteiger partial charge on any atom is 0.237 e. The van der Waals surface area contributed by atoms with E-state index in [0.717, 1.165) is 30.5 Å². The lowest BCUT2D eigenvalue weighted by Crippen LogP contribution is -2.30. The third kappa shape index (κ3) is 5.10. The second kappa shape index (κ2) is 8.72. The first-order valence-corrected chi connectivity index (χ1v) is 9.58. The smallest absolute Gasteiger partial charge is 0.237 e. The Kier molecular flexibility index (Phi) is 6.12. The molecule has 0 aliphatic carbocycles. The molecule has 2 N–H and O–H groups in total. The summed E-state index contributed by atoms with van der Waals surface area (Å²) in [6, 6.07) is 17.9. The van der Waals surface area contributed by atoms with Crippen molar-refractivity contribution in [1.82, 2.24) is 5.32 Å². The number of aryl methyl sites for hydroxylation is 1. The lowest BCUT2D eigenvalue weighted by atomic mass is 10.1. The van der Waals surface area contributed by atoms with Gasteiger partial charge >= 0.3 is 0 Å². The van der Waals surface area contributed by atoms with Gasteiger partial charge in [-0.05, 0) is 36.5 Å². The minimum absolute atomic E-state index is 0.00737. The highest BCUT2D eigenvalue weighted by Crippen LogP contribution is 2.26. The van der Waals surface area contributed by atoms with Crippen molar-refractivity contribution in [2.75, 3.05) is 17.6 Å². The first kappa shape index (κ1) is 17.5. The Labute approximate surface area is 152 Å². The Bertz CT molecular complexity index is 733. The number of benzene rings is 2. The lowest BCUT2D eigenvalue weighted by Gasteiger charge is -2.12. The van der Waals surface area contributed by atoms with Gasteiger partial charge in [0.2, 0.25) is 11.8 Å². The maximum absolute atomic E-state index is 12.3. The molecule has 1 aliphatic rings. The van der Waals surface area contributed by atoms with Crippen LogP contribution in [0.2, 0.25) is 0 Å². The normalized spacial score (nSPS) is 16.5. The van der Waals surface area contributed by atoms with Gasteiger partial charge in [-0.1, -0.05) is 48.5 Å². The number of thioether (sulfide) groups is 1. The van der Waals surface area contributed by atoms with E-state index in [1.165, 1.54) is 17.3 Å². The van der Waals surface area contributed by atoms with Gasteiger partial charge in [-0.2, -0.15) is 0 Å². The number of hydrogen-bond acceptors (Lipinski definition) is 3. The van der Waals surface area contributed by atoms with Crippen LogP contribution in [0.4, 0.5) is 5.69 Å². The van der Waals surface area contributed by atoms with Crippen molar-refractivity contribution >= 4 is 29.3 Å². The molecule has 130 valence electrons. The molecule has 1 aliphatic heterocycles. The highest BCUT2D eigenvalue weighted by molar-refractivity contribution is 8.01. The molecule has 2 aromatic rings. The van der Waals surface area contributed by atoms with Gasteiger partial charge in [0.05, 0.1) is 11.0 Å². The molecule has 0 fully saturated rings. The van der Waals surface area contributed by atoms with Crippen LogP contribution < -0.4 is 10.6 Å². The molecule has 1 heterocycles. The van der Waals surface area contributed by atoms with Crippen molar-refractivity contribution in [3.05, 3.63) is 65.7 Å². The van der Waals surface area contributed by atoms with E-state index in [2.05, 4.69) is 22.8 Å². The Morgan fingerprint density at radius 1 is 1.12 bits per heavy atom. The highest BCUT2D eigenvalue weighted by atomic mass is 32.2. The second-order valence-electron chi connectivity index (χ2n) is 6.07. The lowest BCUT2D eigenvalue weighted by molar-refractivity contribution is -0.118. The van der Waals surface area contributed by atoms with E-state index < -0.39 is 0 Å². The van der Waals surface area contributed by atoms with Crippen LogP contribution in [0.5, 0.6) is 0 Å². The van der Waals surface area contributed by atoms with E-state index >= 15 is 0 Å². The third-order valence-electron chi connectivity index (χ3n) is 4.24. The number of carbonyl (C=O) groups is 2. The number of fused-ring (bicyclic) bond motifs is 1. The fraction of sp³-hybridized carbons (Fsp3) is 0.300. The molecular formula is C20H22N2O2S. The van der Waals surface area contributed by atoms with Crippen LogP contribution in [0.1, 0.15) is 17.5 Å². The van der Waals surface area contributed by atoms with Crippen LogP contribution in [0.15, 0.2) is 54.6 Å². The fourth-order valence-electron chi connectivity index (χ4n) is 2.87. The SMILES string of the molecule is O=C(CS[C@@H]1CCc2ccccc2NC1=O)NCCc1ccccc1. The quantitative estimate of drug-likeness (QED) is 0.838. The monoisotopic (exact) mass is 354 g/mol. The van der Waals surface area contributed by atoms with Gasteiger partial charge in [-0.15, -0.1) is 11.8 Å². The zero-order valence-electron chi connectivity index (χ0n) is 14.0. The van der Waals surface area contributed by atoms with E-state index in [0.29, 0.717) is 12.3 Å². The van der Waals surface area contributed by atoms with Crippen molar-refractivity contribution in [2.24, 2.45) is 0 Å². The fourth-order valence-corrected chi connectivity index (χ4v) is 3.82. The van der Waals surface area contributed by atoms with Crippen molar-refractivity contribution in [2.45, 2.75) is 24.5 Å². The summed E-state index contributed by atoms with van der Waals surface area (Å²) >= 11 is 1.42. The molecular weight excluding hydrogens is 332 g/mol. The summed E-state index contributed by atoms with van der Waals surface area (Å²) in [5.74, 6) is 0.283. The van der Waals surface area contributed by atoms with Gasteiger partial charge in [-0.25, -0.2) is 0 Å². The number of carbonyl (C=O) groups excluding carboxylic acids is 2. The molecule has 0 aromatic heterocycles. The third-order valence-corrected chi connectivity index (χ3v) is 5.52. The number of hydrogen-bond donors (Lipinski definition) is 2. The summed E-state index contributed by atoms with van der Waals surface area (Å²) in [5.41, 5.74) is 3.26. The average Bonchev–Trinajstić information content (AvgIpc) is 2.79. The van der Waals surface area contributed by atoms with E-state index in [4.69, 9.17) is 0 Å². The van der Waals surface area contributed by atoms with Gasteiger partial charge < -0.3 is 10.6 Å². The van der Waals surface area contributed by atoms with Crippen molar-refractivity contribution < 1.29 is 9.59 Å². The van der Waals surface area contributed by atoms with Crippen LogP contribution in [0, 0.1) is 0 Å². The molecule has 0 bridgehead atoms. The van der Waals surface area contributed by atoms with Crippen LogP contribution in [-0.4, -0.2) is 29.4 Å². The number of para-hydroxylation sites is 1. The van der Waals surface area contributed by atoms with Crippen molar-refractivity contribution in [3.8, 4) is 0 Å². The Morgan fingerprint density at radius 3 is 2.72 bits per heavy atom. The molecule has 0 saturated carbocycles. The molecule has 0 radical (unpaired) electrons. The number of rotatable bonds is 6. The standard InChI is InChI=1S/C20H22N2O2S/c23-19(21-13-12-15-6-2-1-3-7-15)14-25-18-11-10-16-8-4-5-9-17(16)22-20(18)24/h1-9,18H,10-14H2,(H,21,23)(H,22,24)/t18-/m1/s1. The van der Waals surface area contributed by atoms with Gasteiger partial charge in [0.25, 0.3) is 0 Å². The molecule has 2 aromatic carbocycles. The zero-order valence-corrected chi connectivity index (χ0v) is 14.9. The van der Waals surface area contributed by atoms with Gasteiger partial charge in [-0.3, -0.25) is 9.59 Å². The first-order valence-electron chi connectivity index (χ1n) is 8.53. The van der Waals surface area contributed by atoms with E-state index in [1.807, 2.05) is 42.5 Å². The second-order valence-corrected chi connectivity index (χ2v) is 7.26. The average molecular weight is 354 g/mol. The van der Waals surface area contributed by atoms with Crippen LogP contribution in [0.25, 0.3) is 0 Å². The van der Waals surface area contributed by atoms with Gasteiger partial charge in [0, 0.05) is 12.2 Å². The minimum atomic E-state index is -0.188. The first-order chi connectivity index (χ1) is 12.2. The van der Waals surface area contributed by atoms with Crippen LogP contribution >= 0.6 is 11.8 Å². The minimum Gasteiger partial charge on any atom is -0.355 e. The molecule has 2 amide bonds. The van der Waals surface area contributed by atoms with Gasteiger partial charge in [0.1, 0.15) is 0 Å². The summed E-state index contributed by atoms with van der Waals surface area (Å²) < 4.78 is 0. The Hall–Kier alpha value is -2.27. The summed E-state index contributed by atoms with van der Waals surface area (Å²) in [5, 5.41) is 5.71. The summed E-state index contributed by atoms with van der Waals surface area (Å²) in [4.78, 5) is 24.3. The van der Waals surface area contributed by atoms with E-state index in [-0.39, 0.29) is 17.1 Å². The summed E-state index contributed by atoms with van der Waals surface area (Å²) in [6.45, 7) is 0.617. The number of anilines is 1. The molecule has 4 nitrogen and oxygen atoms in total. The summed E-state index contributed by atoms with van der Waals surface area (Å²) in [7, 11) is 0. The molecule has 0 saturated heterocycles. The van der Waals surface area contributed by atoms with E-state index in [1.54, 1.807) is 0 Å². The molecule has 1 atom stereocenters. The molecule has 0 spiro atoms. The summed E-state index contributed by atoms with van der Waals surface area (Å²) in [6.07, 6.45) is 2.42. The Morgan fingerprint density at radius 2 is 1.88 bits per heavy atom.